The van der Waals surface area contributed by atoms with Crippen LogP contribution in [-0.4, -0.2) is 36.2 Å². The van der Waals surface area contributed by atoms with Crippen LogP contribution in [0.3, 0.4) is 0 Å². The molecule has 0 heterocycles. The smallest absolute Gasteiger partial charge is 0.416 e. The molecule has 0 saturated heterocycles. The molecule has 0 aliphatic carbocycles. The zero-order valence-electron chi connectivity index (χ0n) is 21.1. The van der Waals surface area contributed by atoms with Crippen LogP contribution in [0.25, 0.3) is 11.1 Å². The standard InChI is InChI=1S/C29H31F3N2O4/c1-2-3-4-25(34-24-13-7-22(8-14-24)28(37)33-18-17-27(35)36)19-38-26-15-9-21(10-16-26)20-5-11-23(12-6-20)29(30,31)32/h5-16,25,34H,2-4,17-19H2,1H3,(H,33,37)(H,35,36). The molecular weight excluding hydrogens is 497 g/mol. The Morgan fingerprint density at radius 3 is 2.08 bits per heavy atom. The average molecular weight is 529 g/mol. The fraction of sp³-hybridized carbons (Fsp3) is 0.310. The van der Waals surface area contributed by atoms with Gasteiger partial charge in [0.15, 0.2) is 0 Å². The number of nitrogens with one attached hydrogen (secondary N) is 2. The van der Waals surface area contributed by atoms with Gasteiger partial charge in [-0.05, 0) is 66.1 Å². The predicted molar refractivity (Wildman–Crippen MR) is 140 cm³/mol. The number of ether oxygens (including phenoxy) is 1. The molecule has 0 fully saturated rings. The van der Waals surface area contributed by atoms with Crippen molar-refractivity contribution in [2.45, 2.75) is 44.8 Å². The molecule has 3 aromatic rings. The Labute approximate surface area is 219 Å². The maximum absolute atomic E-state index is 12.8. The molecule has 3 aromatic carbocycles. The van der Waals surface area contributed by atoms with Crippen LogP contribution in [-0.2, 0) is 11.0 Å². The van der Waals surface area contributed by atoms with Crippen molar-refractivity contribution in [1.29, 1.82) is 0 Å². The van der Waals surface area contributed by atoms with Crippen LogP contribution in [0, 0.1) is 0 Å². The topological polar surface area (TPSA) is 87.7 Å². The van der Waals surface area contributed by atoms with E-state index in [9.17, 15) is 22.8 Å². The van der Waals surface area contributed by atoms with Crippen molar-refractivity contribution < 1.29 is 32.6 Å². The van der Waals surface area contributed by atoms with Gasteiger partial charge >= 0.3 is 12.1 Å². The first-order valence-electron chi connectivity index (χ1n) is 12.4. The molecule has 1 amide bonds. The van der Waals surface area contributed by atoms with Gasteiger partial charge in [-0.25, -0.2) is 0 Å². The van der Waals surface area contributed by atoms with E-state index in [-0.39, 0.29) is 24.9 Å². The molecule has 6 nitrogen and oxygen atoms in total. The Hall–Kier alpha value is -4.01. The summed E-state index contributed by atoms with van der Waals surface area (Å²) in [4.78, 5) is 22.7. The Morgan fingerprint density at radius 2 is 1.53 bits per heavy atom. The van der Waals surface area contributed by atoms with Crippen LogP contribution in [0.5, 0.6) is 5.75 Å². The van der Waals surface area contributed by atoms with Crippen molar-refractivity contribution in [2.24, 2.45) is 0 Å². The third-order valence-corrected chi connectivity index (χ3v) is 5.90. The van der Waals surface area contributed by atoms with Crippen LogP contribution < -0.4 is 15.4 Å². The Morgan fingerprint density at radius 1 is 0.921 bits per heavy atom. The molecule has 0 saturated carbocycles. The van der Waals surface area contributed by atoms with Gasteiger partial charge in [0.25, 0.3) is 5.91 Å². The fourth-order valence-electron chi connectivity index (χ4n) is 3.78. The van der Waals surface area contributed by atoms with Gasteiger partial charge in [-0.2, -0.15) is 13.2 Å². The highest BCUT2D eigenvalue weighted by molar-refractivity contribution is 5.94. The van der Waals surface area contributed by atoms with Crippen LogP contribution in [0.2, 0.25) is 0 Å². The van der Waals surface area contributed by atoms with Crippen molar-refractivity contribution >= 4 is 17.6 Å². The number of unbranched alkanes of at least 4 members (excludes halogenated alkanes) is 1. The van der Waals surface area contributed by atoms with Gasteiger partial charge in [0.2, 0.25) is 0 Å². The highest BCUT2D eigenvalue weighted by Crippen LogP contribution is 2.31. The van der Waals surface area contributed by atoms with E-state index in [1.165, 1.54) is 12.1 Å². The number of carboxylic acid groups (broad SMARTS) is 1. The number of halogens is 3. The van der Waals surface area contributed by atoms with Gasteiger partial charge in [0.05, 0.1) is 18.0 Å². The van der Waals surface area contributed by atoms with Gasteiger partial charge in [0, 0.05) is 17.8 Å². The van der Waals surface area contributed by atoms with Crippen LogP contribution in [0.1, 0.15) is 48.5 Å². The van der Waals surface area contributed by atoms with Crippen molar-refractivity contribution in [3.63, 3.8) is 0 Å². The van der Waals surface area contributed by atoms with E-state index in [0.29, 0.717) is 23.5 Å². The number of alkyl halides is 3. The normalized spacial score (nSPS) is 12.0. The van der Waals surface area contributed by atoms with Crippen LogP contribution in [0.15, 0.2) is 72.8 Å². The summed E-state index contributed by atoms with van der Waals surface area (Å²) < 4.78 is 44.4. The van der Waals surface area contributed by atoms with E-state index in [4.69, 9.17) is 9.84 Å². The molecule has 1 unspecified atom stereocenters. The second-order valence-corrected chi connectivity index (χ2v) is 8.87. The number of benzene rings is 3. The van der Waals surface area contributed by atoms with Crippen LogP contribution in [0.4, 0.5) is 18.9 Å². The maximum Gasteiger partial charge on any atom is 0.416 e. The molecule has 9 heteroatoms. The first-order valence-corrected chi connectivity index (χ1v) is 12.4. The largest absolute Gasteiger partial charge is 0.491 e. The molecule has 0 bridgehead atoms. The van der Waals surface area contributed by atoms with E-state index in [1.54, 1.807) is 36.4 Å². The number of carbonyl (C=O) groups excluding carboxylic acids is 1. The van der Waals surface area contributed by atoms with Gasteiger partial charge in [-0.3, -0.25) is 9.59 Å². The predicted octanol–water partition coefficient (Wildman–Crippen LogP) is 6.63. The number of rotatable bonds is 13. The van der Waals surface area contributed by atoms with Gasteiger partial charge in [-0.15, -0.1) is 0 Å². The highest BCUT2D eigenvalue weighted by Gasteiger charge is 2.29. The zero-order chi connectivity index (χ0) is 27.5. The Kier molecular flexibility index (Phi) is 10.2. The molecule has 0 aromatic heterocycles. The van der Waals surface area contributed by atoms with Gasteiger partial charge in [0.1, 0.15) is 12.4 Å². The van der Waals surface area contributed by atoms with Gasteiger partial charge in [-0.1, -0.05) is 44.0 Å². The number of carbonyl (C=O) groups is 2. The number of anilines is 1. The SMILES string of the molecule is CCCCC(COc1ccc(-c2ccc(C(F)(F)F)cc2)cc1)Nc1ccc(C(=O)NCCC(=O)O)cc1. The monoisotopic (exact) mass is 528 g/mol. The molecule has 1 atom stereocenters. The molecule has 0 spiro atoms. The number of amides is 1. The summed E-state index contributed by atoms with van der Waals surface area (Å²) in [5, 5.41) is 14.7. The quantitative estimate of drug-likeness (QED) is 0.232. The molecule has 38 heavy (non-hydrogen) atoms. The second-order valence-electron chi connectivity index (χ2n) is 8.87. The first-order chi connectivity index (χ1) is 18.2. The number of aliphatic carboxylic acids is 1. The summed E-state index contributed by atoms with van der Waals surface area (Å²) in [6.45, 7) is 2.57. The third kappa shape index (κ3) is 8.83. The Balaban J connectivity index is 1.56. The minimum Gasteiger partial charge on any atom is -0.491 e. The number of hydrogen-bond acceptors (Lipinski definition) is 4. The van der Waals surface area contributed by atoms with E-state index < -0.39 is 17.7 Å². The van der Waals surface area contributed by atoms with Crippen molar-refractivity contribution in [3.05, 3.63) is 83.9 Å². The molecule has 3 rings (SSSR count). The van der Waals surface area contributed by atoms with Crippen molar-refractivity contribution in [2.75, 3.05) is 18.5 Å². The van der Waals surface area contributed by atoms with E-state index in [2.05, 4.69) is 17.6 Å². The molecular formula is C29H31F3N2O4. The number of carboxylic acids is 1. The lowest BCUT2D eigenvalue weighted by atomic mass is 10.0. The lowest BCUT2D eigenvalue weighted by molar-refractivity contribution is -0.138. The van der Waals surface area contributed by atoms with E-state index in [0.717, 1.165) is 42.6 Å². The summed E-state index contributed by atoms with van der Waals surface area (Å²) in [5.74, 6) is -0.652. The summed E-state index contributed by atoms with van der Waals surface area (Å²) >= 11 is 0. The molecule has 0 aliphatic rings. The fourth-order valence-corrected chi connectivity index (χ4v) is 3.78. The van der Waals surface area contributed by atoms with Crippen LogP contribution >= 0.6 is 0 Å². The maximum atomic E-state index is 12.8. The highest BCUT2D eigenvalue weighted by atomic mass is 19.4. The zero-order valence-corrected chi connectivity index (χ0v) is 21.1. The molecule has 0 radical (unpaired) electrons. The lowest BCUT2D eigenvalue weighted by Crippen LogP contribution is -2.27. The lowest BCUT2D eigenvalue weighted by Gasteiger charge is -2.21. The first kappa shape index (κ1) is 28.6. The summed E-state index contributed by atoms with van der Waals surface area (Å²) in [7, 11) is 0. The molecule has 202 valence electrons. The second kappa shape index (κ2) is 13.5. The summed E-state index contributed by atoms with van der Waals surface area (Å²) in [5.41, 5.74) is 2.07. The van der Waals surface area contributed by atoms with Gasteiger partial charge < -0.3 is 20.5 Å². The van der Waals surface area contributed by atoms with Crippen molar-refractivity contribution in [1.82, 2.24) is 5.32 Å². The summed E-state index contributed by atoms with van der Waals surface area (Å²) in [6, 6.07) is 19.2. The van der Waals surface area contributed by atoms with Crippen molar-refractivity contribution in [3.8, 4) is 16.9 Å². The molecule has 0 aliphatic heterocycles. The number of hydrogen-bond donors (Lipinski definition) is 3. The van der Waals surface area contributed by atoms with E-state index >= 15 is 0 Å². The molecule has 3 N–H and O–H groups in total. The third-order valence-electron chi connectivity index (χ3n) is 5.90. The van der Waals surface area contributed by atoms with E-state index in [1.807, 2.05) is 12.1 Å². The average Bonchev–Trinajstić information content (AvgIpc) is 2.90. The Bertz CT molecular complexity index is 1180. The summed E-state index contributed by atoms with van der Waals surface area (Å²) in [6.07, 6.45) is -1.61. The minimum atomic E-state index is -4.36. The minimum absolute atomic E-state index is 0.0137.